The van der Waals surface area contributed by atoms with Crippen LogP contribution in [0.1, 0.15) is 67.6 Å². The third-order valence-electron chi connectivity index (χ3n) is 6.54. The molecule has 3 aromatic carbocycles. The first-order valence-corrected chi connectivity index (χ1v) is 10.7. The van der Waals surface area contributed by atoms with Crippen molar-refractivity contribution in [2.75, 3.05) is 0 Å². The van der Waals surface area contributed by atoms with Gasteiger partial charge < -0.3 is 4.74 Å². The summed E-state index contributed by atoms with van der Waals surface area (Å²) < 4.78 is 6.27. The highest BCUT2D eigenvalue weighted by Crippen LogP contribution is 2.46. The molecule has 30 heavy (non-hydrogen) atoms. The standard InChI is InChI=1S/C28H30O2/c1-27(2)14-15-28(3,4)25-17-21(10-12-24(25)27)19-30-26-13-11-20(18-29)16-23(26)22-8-6-5-7-9-22/h5-13,16-18H,14-15,19H2,1-4H3. The number of hydrogen-bond donors (Lipinski definition) is 0. The molecule has 0 N–H and O–H groups in total. The molecule has 0 aromatic heterocycles. The molecule has 2 nitrogen and oxygen atoms in total. The second kappa shape index (κ2) is 7.75. The lowest BCUT2D eigenvalue weighted by molar-refractivity contribution is 0.112. The topological polar surface area (TPSA) is 26.3 Å². The van der Waals surface area contributed by atoms with Crippen LogP contribution in [0.4, 0.5) is 0 Å². The van der Waals surface area contributed by atoms with E-state index in [0.29, 0.717) is 12.2 Å². The van der Waals surface area contributed by atoms with Gasteiger partial charge in [0.05, 0.1) is 0 Å². The van der Waals surface area contributed by atoms with Crippen molar-refractivity contribution in [3.8, 4) is 16.9 Å². The molecule has 3 aromatic rings. The van der Waals surface area contributed by atoms with Crippen LogP contribution in [0.5, 0.6) is 5.75 Å². The molecule has 0 atom stereocenters. The van der Waals surface area contributed by atoms with Gasteiger partial charge in [-0.05, 0) is 64.1 Å². The van der Waals surface area contributed by atoms with Gasteiger partial charge in [-0.25, -0.2) is 0 Å². The average Bonchev–Trinajstić information content (AvgIpc) is 2.76. The van der Waals surface area contributed by atoms with Crippen molar-refractivity contribution < 1.29 is 9.53 Å². The number of carbonyl (C=O) groups excluding carboxylic acids is 1. The summed E-state index contributed by atoms with van der Waals surface area (Å²) in [7, 11) is 0. The Morgan fingerprint density at radius 2 is 1.53 bits per heavy atom. The molecule has 0 bridgehead atoms. The maximum absolute atomic E-state index is 11.3. The van der Waals surface area contributed by atoms with E-state index < -0.39 is 0 Å². The Hall–Kier alpha value is -2.87. The summed E-state index contributed by atoms with van der Waals surface area (Å²) in [6.07, 6.45) is 3.29. The molecule has 4 rings (SSSR count). The molecular formula is C28H30O2. The van der Waals surface area contributed by atoms with Crippen LogP contribution in [-0.4, -0.2) is 6.29 Å². The maximum Gasteiger partial charge on any atom is 0.150 e. The predicted octanol–water partition coefficient (Wildman–Crippen LogP) is 7.09. The van der Waals surface area contributed by atoms with E-state index in [-0.39, 0.29) is 10.8 Å². The van der Waals surface area contributed by atoms with Crippen LogP contribution >= 0.6 is 0 Å². The number of aldehydes is 1. The Balaban J connectivity index is 1.64. The van der Waals surface area contributed by atoms with Crippen LogP contribution in [-0.2, 0) is 17.4 Å². The van der Waals surface area contributed by atoms with Crippen molar-refractivity contribution in [3.63, 3.8) is 0 Å². The molecule has 0 heterocycles. The van der Waals surface area contributed by atoms with Crippen molar-refractivity contribution in [1.29, 1.82) is 0 Å². The van der Waals surface area contributed by atoms with Gasteiger partial charge in [0.25, 0.3) is 0 Å². The van der Waals surface area contributed by atoms with Crippen molar-refractivity contribution in [2.45, 2.75) is 58.0 Å². The zero-order valence-electron chi connectivity index (χ0n) is 18.4. The summed E-state index contributed by atoms with van der Waals surface area (Å²) in [5.41, 5.74) is 7.13. The normalized spacial score (nSPS) is 16.5. The Morgan fingerprint density at radius 1 is 0.833 bits per heavy atom. The molecule has 1 aliphatic rings. The average molecular weight is 399 g/mol. The molecule has 0 radical (unpaired) electrons. The monoisotopic (exact) mass is 398 g/mol. The number of ether oxygens (including phenoxy) is 1. The van der Waals surface area contributed by atoms with E-state index in [2.05, 4.69) is 45.9 Å². The van der Waals surface area contributed by atoms with Crippen LogP contribution in [0.3, 0.4) is 0 Å². The summed E-state index contributed by atoms with van der Waals surface area (Å²) in [6.45, 7) is 9.88. The lowest BCUT2D eigenvalue weighted by Crippen LogP contribution is -2.33. The van der Waals surface area contributed by atoms with E-state index in [1.54, 1.807) is 0 Å². The van der Waals surface area contributed by atoms with Gasteiger partial charge in [-0.3, -0.25) is 4.79 Å². The van der Waals surface area contributed by atoms with Gasteiger partial charge in [0.15, 0.2) is 0 Å². The van der Waals surface area contributed by atoms with E-state index in [0.717, 1.165) is 23.2 Å². The highest BCUT2D eigenvalue weighted by Gasteiger charge is 2.36. The van der Waals surface area contributed by atoms with Crippen LogP contribution < -0.4 is 4.74 Å². The summed E-state index contributed by atoms with van der Waals surface area (Å²) in [5.74, 6) is 0.795. The van der Waals surface area contributed by atoms with Crippen LogP contribution in [0.15, 0.2) is 66.7 Å². The van der Waals surface area contributed by atoms with Crippen LogP contribution in [0.2, 0.25) is 0 Å². The van der Waals surface area contributed by atoms with Crippen molar-refractivity contribution in [2.24, 2.45) is 0 Å². The SMILES string of the molecule is CC1(C)CCC(C)(C)c2cc(COc3ccc(C=O)cc3-c3ccccc3)ccc21. The molecule has 1 aliphatic carbocycles. The number of carbonyl (C=O) groups is 1. The summed E-state index contributed by atoms with van der Waals surface area (Å²) >= 11 is 0. The fourth-order valence-corrected chi connectivity index (χ4v) is 4.48. The fourth-order valence-electron chi connectivity index (χ4n) is 4.48. The van der Waals surface area contributed by atoms with Gasteiger partial charge in [0.2, 0.25) is 0 Å². The first-order chi connectivity index (χ1) is 14.3. The fraction of sp³-hybridized carbons (Fsp3) is 0.321. The number of hydrogen-bond acceptors (Lipinski definition) is 2. The van der Waals surface area contributed by atoms with Gasteiger partial charge in [-0.1, -0.05) is 76.2 Å². The Kier molecular flexibility index (Phi) is 5.27. The maximum atomic E-state index is 11.3. The molecule has 0 aliphatic heterocycles. The third-order valence-corrected chi connectivity index (χ3v) is 6.54. The van der Waals surface area contributed by atoms with Crippen LogP contribution in [0, 0.1) is 0 Å². The molecule has 154 valence electrons. The molecule has 0 unspecified atom stereocenters. The minimum Gasteiger partial charge on any atom is -0.488 e. The number of rotatable bonds is 5. The minimum absolute atomic E-state index is 0.182. The lowest BCUT2D eigenvalue weighted by Gasteiger charge is -2.42. The zero-order chi connectivity index (χ0) is 21.4. The van der Waals surface area contributed by atoms with Gasteiger partial charge in [-0.15, -0.1) is 0 Å². The highest BCUT2D eigenvalue weighted by atomic mass is 16.5. The zero-order valence-corrected chi connectivity index (χ0v) is 18.4. The van der Waals surface area contributed by atoms with Crippen molar-refractivity contribution >= 4 is 6.29 Å². The number of benzene rings is 3. The first kappa shape index (κ1) is 20.4. The summed E-state index contributed by atoms with van der Waals surface area (Å²) in [4.78, 5) is 11.3. The van der Waals surface area contributed by atoms with Crippen molar-refractivity contribution in [3.05, 3.63) is 89.0 Å². The predicted molar refractivity (Wildman–Crippen MR) is 123 cm³/mol. The quantitative estimate of drug-likeness (QED) is 0.429. The number of fused-ring (bicyclic) bond motifs is 1. The highest BCUT2D eigenvalue weighted by molar-refractivity contribution is 5.81. The molecule has 0 saturated heterocycles. The van der Waals surface area contributed by atoms with E-state index in [1.165, 1.54) is 29.5 Å². The van der Waals surface area contributed by atoms with Crippen molar-refractivity contribution in [1.82, 2.24) is 0 Å². The first-order valence-electron chi connectivity index (χ1n) is 10.7. The van der Waals surface area contributed by atoms with Gasteiger partial charge >= 0.3 is 0 Å². The summed E-state index contributed by atoms with van der Waals surface area (Å²) in [6, 6.07) is 22.5. The molecule has 0 fully saturated rings. The Morgan fingerprint density at radius 3 is 2.23 bits per heavy atom. The lowest BCUT2D eigenvalue weighted by atomic mass is 9.63. The molecule has 2 heteroatoms. The van der Waals surface area contributed by atoms with E-state index >= 15 is 0 Å². The van der Waals surface area contributed by atoms with Gasteiger partial charge in [0, 0.05) is 11.1 Å². The molecule has 0 spiro atoms. The smallest absolute Gasteiger partial charge is 0.150 e. The minimum atomic E-state index is 0.182. The molecule has 0 saturated carbocycles. The largest absolute Gasteiger partial charge is 0.488 e. The van der Waals surface area contributed by atoms with Gasteiger partial charge in [-0.2, -0.15) is 0 Å². The second-order valence-corrected chi connectivity index (χ2v) is 9.68. The molecular weight excluding hydrogens is 368 g/mol. The summed E-state index contributed by atoms with van der Waals surface area (Å²) in [5, 5.41) is 0. The Bertz CT molecular complexity index is 1060. The Labute approximate surface area is 179 Å². The van der Waals surface area contributed by atoms with E-state index in [1.807, 2.05) is 48.5 Å². The van der Waals surface area contributed by atoms with Crippen LogP contribution in [0.25, 0.3) is 11.1 Å². The third kappa shape index (κ3) is 3.92. The van der Waals surface area contributed by atoms with E-state index in [9.17, 15) is 4.79 Å². The molecule has 0 amide bonds. The van der Waals surface area contributed by atoms with E-state index in [4.69, 9.17) is 4.74 Å². The second-order valence-electron chi connectivity index (χ2n) is 9.68. The van der Waals surface area contributed by atoms with Gasteiger partial charge in [0.1, 0.15) is 18.6 Å².